The number of rotatable bonds is 8. The van der Waals surface area contributed by atoms with E-state index < -0.39 is 12.0 Å². The summed E-state index contributed by atoms with van der Waals surface area (Å²) in [5.41, 5.74) is 1.83. The minimum atomic E-state index is -1.03. The molecule has 1 aromatic heterocycles. The maximum atomic E-state index is 11.8. The number of hydrogen-bond donors (Lipinski definition) is 3. The van der Waals surface area contributed by atoms with Crippen molar-refractivity contribution in [3.05, 3.63) is 48.7 Å². The minimum Gasteiger partial charge on any atom is -0.480 e. The zero-order valence-corrected chi connectivity index (χ0v) is 12.9. The average Bonchev–Trinajstić information content (AvgIpc) is 2.90. The molecule has 0 aliphatic heterocycles. The SMILES string of the molecule is C=CCSCC(=O)NC(Cc1c[nH]c2ccccc12)C(=O)O. The van der Waals surface area contributed by atoms with E-state index >= 15 is 0 Å². The smallest absolute Gasteiger partial charge is 0.326 e. The van der Waals surface area contributed by atoms with Crippen LogP contribution in [0, 0.1) is 0 Å². The van der Waals surface area contributed by atoms with E-state index in [4.69, 9.17) is 0 Å². The van der Waals surface area contributed by atoms with Gasteiger partial charge in [0.25, 0.3) is 0 Å². The van der Waals surface area contributed by atoms with Crippen LogP contribution in [0.25, 0.3) is 10.9 Å². The van der Waals surface area contributed by atoms with Crippen molar-refractivity contribution in [2.45, 2.75) is 12.5 Å². The number of aliphatic carboxylic acids is 1. The molecule has 1 heterocycles. The summed E-state index contributed by atoms with van der Waals surface area (Å²) in [4.78, 5) is 26.3. The third-order valence-corrected chi connectivity index (χ3v) is 4.14. The second-order valence-electron chi connectivity index (χ2n) is 4.83. The first-order valence-electron chi connectivity index (χ1n) is 6.87. The molecule has 2 aromatic rings. The number of fused-ring (bicyclic) bond motifs is 1. The number of aromatic amines is 1. The topological polar surface area (TPSA) is 82.2 Å². The number of benzene rings is 1. The number of amides is 1. The number of carbonyl (C=O) groups is 2. The number of hydrogen-bond acceptors (Lipinski definition) is 3. The first kappa shape index (κ1) is 16.2. The van der Waals surface area contributed by atoms with Crippen LogP contribution in [0.15, 0.2) is 43.1 Å². The highest BCUT2D eigenvalue weighted by molar-refractivity contribution is 8.00. The molecule has 5 nitrogen and oxygen atoms in total. The van der Waals surface area contributed by atoms with Gasteiger partial charge in [-0.1, -0.05) is 24.3 Å². The molecule has 0 aliphatic rings. The van der Waals surface area contributed by atoms with Crippen LogP contribution < -0.4 is 5.32 Å². The van der Waals surface area contributed by atoms with E-state index in [1.54, 1.807) is 12.3 Å². The van der Waals surface area contributed by atoms with Crippen molar-refractivity contribution in [3.8, 4) is 0 Å². The highest BCUT2D eigenvalue weighted by Crippen LogP contribution is 2.19. The van der Waals surface area contributed by atoms with Crippen molar-refractivity contribution < 1.29 is 14.7 Å². The van der Waals surface area contributed by atoms with Gasteiger partial charge in [-0.3, -0.25) is 4.79 Å². The quantitative estimate of drug-likeness (QED) is 0.515. The minimum absolute atomic E-state index is 0.226. The average molecular weight is 318 g/mol. The molecule has 116 valence electrons. The third-order valence-electron chi connectivity index (χ3n) is 3.20. The summed E-state index contributed by atoms with van der Waals surface area (Å²) in [7, 11) is 0. The monoisotopic (exact) mass is 318 g/mol. The molecule has 0 saturated carbocycles. The van der Waals surface area contributed by atoms with Gasteiger partial charge in [-0.15, -0.1) is 18.3 Å². The number of H-pyrrole nitrogens is 1. The Labute approximate surface area is 132 Å². The van der Waals surface area contributed by atoms with E-state index in [0.717, 1.165) is 16.5 Å². The van der Waals surface area contributed by atoms with Gasteiger partial charge in [-0.25, -0.2) is 4.79 Å². The molecule has 1 unspecified atom stereocenters. The number of carboxylic acids is 1. The standard InChI is InChI=1S/C16H18N2O3S/c1-2-7-22-10-15(19)18-14(16(20)21)8-11-9-17-13-6-4-3-5-12(11)13/h2-6,9,14,17H,1,7-8,10H2,(H,18,19)(H,20,21). The molecule has 3 N–H and O–H groups in total. The third kappa shape index (κ3) is 4.14. The molecule has 1 atom stereocenters. The van der Waals surface area contributed by atoms with Crippen molar-refractivity contribution in [1.82, 2.24) is 10.3 Å². The van der Waals surface area contributed by atoms with E-state index in [0.29, 0.717) is 5.75 Å². The lowest BCUT2D eigenvalue weighted by molar-refractivity contribution is -0.141. The van der Waals surface area contributed by atoms with Crippen LogP contribution in [0.1, 0.15) is 5.56 Å². The Bertz CT molecular complexity index is 681. The molecular weight excluding hydrogens is 300 g/mol. The van der Waals surface area contributed by atoms with Gasteiger partial charge in [-0.2, -0.15) is 0 Å². The molecular formula is C16H18N2O3S. The van der Waals surface area contributed by atoms with Crippen molar-refractivity contribution in [2.24, 2.45) is 0 Å². The summed E-state index contributed by atoms with van der Waals surface area (Å²) >= 11 is 1.40. The van der Waals surface area contributed by atoms with E-state index in [2.05, 4.69) is 16.9 Å². The van der Waals surface area contributed by atoms with Crippen molar-refractivity contribution >= 4 is 34.5 Å². The highest BCUT2D eigenvalue weighted by Gasteiger charge is 2.21. The molecule has 6 heteroatoms. The summed E-state index contributed by atoms with van der Waals surface area (Å²) in [5, 5.41) is 12.9. The number of para-hydroxylation sites is 1. The molecule has 0 radical (unpaired) electrons. The predicted octanol–water partition coefficient (Wildman–Crippen LogP) is 2.20. The van der Waals surface area contributed by atoms with Crippen LogP contribution in [-0.2, 0) is 16.0 Å². The fourth-order valence-electron chi connectivity index (χ4n) is 2.19. The van der Waals surface area contributed by atoms with Gasteiger partial charge in [0.2, 0.25) is 5.91 Å². The summed E-state index contributed by atoms with van der Waals surface area (Å²) < 4.78 is 0. The lowest BCUT2D eigenvalue weighted by Crippen LogP contribution is -2.43. The second kappa shape index (κ2) is 7.70. The Morgan fingerprint density at radius 3 is 2.91 bits per heavy atom. The van der Waals surface area contributed by atoms with E-state index in [9.17, 15) is 14.7 Å². The lowest BCUT2D eigenvalue weighted by Gasteiger charge is -2.14. The number of thioether (sulfide) groups is 1. The zero-order chi connectivity index (χ0) is 15.9. The first-order chi connectivity index (χ1) is 10.6. The number of carboxylic acid groups (broad SMARTS) is 1. The van der Waals surface area contributed by atoms with Gasteiger partial charge >= 0.3 is 5.97 Å². The van der Waals surface area contributed by atoms with Crippen LogP contribution in [-0.4, -0.2) is 39.5 Å². The molecule has 0 bridgehead atoms. The van der Waals surface area contributed by atoms with E-state index in [1.165, 1.54) is 11.8 Å². The molecule has 1 aromatic carbocycles. The van der Waals surface area contributed by atoms with Gasteiger partial charge < -0.3 is 15.4 Å². The Kier molecular flexibility index (Phi) is 5.66. The van der Waals surface area contributed by atoms with Gasteiger partial charge in [0, 0.05) is 29.3 Å². The van der Waals surface area contributed by atoms with Crippen molar-refractivity contribution in [3.63, 3.8) is 0 Å². The highest BCUT2D eigenvalue weighted by atomic mass is 32.2. The molecule has 0 aliphatic carbocycles. The molecule has 0 spiro atoms. The molecule has 0 saturated heterocycles. The Hall–Kier alpha value is -2.21. The van der Waals surface area contributed by atoms with Crippen LogP contribution in [0.4, 0.5) is 0 Å². The zero-order valence-electron chi connectivity index (χ0n) is 12.0. The fraction of sp³-hybridized carbons (Fsp3) is 0.250. The molecule has 22 heavy (non-hydrogen) atoms. The first-order valence-corrected chi connectivity index (χ1v) is 8.03. The largest absolute Gasteiger partial charge is 0.480 e. The maximum Gasteiger partial charge on any atom is 0.326 e. The van der Waals surface area contributed by atoms with Crippen LogP contribution in [0.2, 0.25) is 0 Å². The fourth-order valence-corrected chi connectivity index (χ4v) is 2.74. The Morgan fingerprint density at radius 1 is 1.41 bits per heavy atom. The summed E-state index contributed by atoms with van der Waals surface area (Å²) in [6.07, 6.45) is 3.75. The molecule has 1 amide bonds. The number of nitrogens with one attached hydrogen (secondary N) is 2. The Balaban J connectivity index is 2.04. The normalized spacial score (nSPS) is 12.0. The van der Waals surface area contributed by atoms with E-state index in [-0.39, 0.29) is 18.1 Å². The van der Waals surface area contributed by atoms with Crippen molar-refractivity contribution in [2.75, 3.05) is 11.5 Å². The van der Waals surface area contributed by atoms with Crippen molar-refractivity contribution in [1.29, 1.82) is 0 Å². The number of aromatic nitrogens is 1. The maximum absolute atomic E-state index is 11.8. The molecule has 2 rings (SSSR count). The Morgan fingerprint density at radius 2 is 2.18 bits per heavy atom. The van der Waals surface area contributed by atoms with Crippen LogP contribution in [0.5, 0.6) is 0 Å². The van der Waals surface area contributed by atoms with Gasteiger partial charge in [-0.05, 0) is 11.6 Å². The van der Waals surface area contributed by atoms with Crippen LogP contribution >= 0.6 is 11.8 Å². The summed E-state index contributed by atoms with van der Waals surface area (Å²) in [6.45, 7) is 3.58. The van der Waals surface area contributed by atoms with Gasteiger partial charge in [0.05, 0.1) is 5.75 Å². The lowest BCUT2D eigenvalue weighted by atomic mass is 10.1. The summed E-state index contributed by atoms with van der Waals surface area (Å²) in [6, 6.07) is 6.74. The van der Waals surface area contributed by atoms with E-state index in [1.807, 2.05) is 24.3 Å². The predicted molar refractivity (Wildman–Crippen MR) is 89.1 cm³/mol. The van der Waals surface area contributed by atoms with Gasteiger partial charge in [0.15, 0.2) is 0 Å². The number of carbonyl (C=O) groups excluding carboxylic acids is 1. The van der Waals surface area contributed by atoms with Gasteiger partial charge in [0.1, 0.15) is 6.04 Å². The van der Waals surface area contributed by atoms with Crippen LogP contribution in [0.3, 0.4) is 0 Å². The molecule has 0 fully saturated rings. The second-order valence-corrected chi connectivity index (χ2v) is 5.86. The summed E-state index contributed by atoms with van der Waals surface area (Å²) in [5.74, 6) is -0.427.